The molecule has 2 aromatic heterocycles. The number of nitrogens with zero attached hydrogens (tertiary/aromatic N) is 4. The summed E-state index contributed by atoms with van der Waals surface area (Å²) in [6.07, 6.45) is 5.57. The maximum absolute atomic E-state index is 13.0. The standard InChI is InChI=1S/C23H25FN4OS/c24-19-12-28(13-19)11-15-1-3-16(4-2-15)22(29)9-20-8-18-7-17(23-10-25-14-30-23)5-6-21(18)27-26-20/h5-8,10,14-16,19H,1-4,9,11-13H2. The molecule has 7 heteroatoms. The van der Waals surface area contributed by atoms with Gasteiger partial charge in [-0.2, -0.15) is 10.2 Å². The van der Waals surface area contributed by atoms with Gasteiger partial charge in [-0.3, -0.25) is 14.7 Å². The first-order chi connectivity index (χ1) is 14.6. The number of ketones is 1. The highest BCUT2D eigenvalue weighted by Crippen LogP contribution is 2.32. The van der Waals surface area contributed by atoms with Gasteiger partial charge in [0.15, 0.2) is 0 Å². The monoisotopic (exact) mass is 424 g/mol. The first-order valence-electron chi connectivity index (χ1n) is 10.7. The Bertz CT molecular complexity index is 1030. The lowest BCUT2D eigenvalue weighted by molar-refractivity contribution is -0.123. The zero-order chi connectivity index (χ0) is 20.5. The summed E-state index contributed by atoms with van der Waals surface area (Å²) in [7, 11) is 0. The summed E-state index contributed by atoms with van der Waals surface area (Å²) in [5, 5.41) is 9.61. The van der Waals surface area contributed by atoms with Crippen LogP contribution in [0.5, 0.6) is 0 Å². The number of thiazole rings is 1. The predicted molar refractivity (Wildman–Crippen MR) is 116 cm³/mol. The fourth-order valence-electron chi connectivity index (χ4n) is 4.70. The van der Waals surface area contributed by atoms with Crippen LogP contribution in [0.2, 0.25) is 0 Å². The van der Waals surface area contributed by atoms with E-state index >= 15 is 0 Å². The number of halogens is 1. The zero-order valence-corrected chi connectivity index (χ0v) is 17.7. The van der Waals surface area contributed by atoms with Crippen molar-refractivity contribution >= 4 is 28.0 Å². The molecule has 30 heavy (non-hydrogen) atoms. The van der Waals surface area contributed by atoms with Crippen molar-refractivity contribution in [2.24, 2.45) is 11.8 Å². The third-order valence-corrected chi connectivity index (χ3v) is 7.26. The molecule has 0 amide bonds. The van der Waals surface area contributed by atoms with Crippen LogP contribution < -0.4 is 0 Å². The first kappa shape index (κ1) is 19.7. The molecular formula is C23H25FN4OS. The molecule has 3 heterocycles. The number of alkyl halides is 1. The molecule has 3 aromatic rings. The second-order valence-electron chi connectivity index (χ2n) is 8.65. The topological polar surface area (TPSA) is 59.0 Å². The van der Waals surface area contributed by atoms with E-state index in [4.69, 9.17) is 0 Å². The van der Waals surface area contributed by atoms with Gasteiger partial charge in [-0.05, 0) is 55.4 Å². The van der Waals surface area contributed by atoms with E-state index in [1.807, 2.05) is 29.9 Å². The van der Waals surface area contributed by atoms with E-state index in [1.165, 1.54) is 0 Å². The number of carbonyl (C=O) groups excluding carboxylic acids is 1. The van der Waals surface area contributed by atoms with Crippen LogP contribution in [0.15, 0.2) is 36.0 Å². The first-order valence-corrected chi connectivity index (χ1v) is 11.6. The molecule has 0 bridgehead atoms. The SMILES string of the molecule is O=C(Cc1cc2cc(-c3cncs3)ccc2nn1)C1CCC(CN2CC(F)C2)CC1. The summed E-state index contributed by atoms with van der Waals surface area (Å²) >= 11 is 1.60. The fraction of sp³-hybridized carbons (Fsp3) is 0.478. The fourth-order valence-corrected chi connectivity index (χ4v) is 5.32. The van der Waals surface area contributed by atoms with Gasteiger partial charge in [0.05, 0.1) is 28.0 Å². The van der Waals surface area contributed by atoms with Crippen LogP contribution in [0.3, 0.4) is 0 Å². The van der Waals surface area contributed by atoms with Crippen molar-refractivity contribution in [1.82, 2.24) is 20.1 Å². The number of carbonyl (C=O) groups is 1. The minimum absolute atomic E-state index is 0.118. The van der Waals surface area contributed by atoms with E-state index in [9.17, 15) is 9.18 Å². The van der Waals surface area contributed by atoms with Crippen molar-refractivity contribution in [2.45, 2.75) is 38.3 Å². The molecule has 1 aliphatic carbocycles. The molecular weight excluding hydrogens is 399 g/mol. The van der Waals surface area contributed by atoms with Crippen LogP contribution in [0.25, 0.3) is 21.3 Å². The Morgan fingerprint density at radius 1 is 1.13 bits per heavy atom. The van der Waals surface area contributed by atoms with Gasteiger partial charge >= 0.3 is 0 Å². The zero-order valence-electron chi connectivity index (χ0n) is 16.8. The Kier molecular flexibility index (Phi) is 5.56. The minimum Gasteiger partial charge on any atom is -0.299 e. The van der Waals surface area contributed by atoms with Gasteiger partial charge in [-0.1, -0.05) is 6.07 Å². The van der Waals surface area contributed by atoms with Gasteiger partial charge in [0.2, 0.25) is 0 Å². The molecule has 1 aromatic carbocycles. The van der Waals surface area contributed by atoms with Gasteiger partial charge in [0.1, 0.15) is 12.0 Å². The largest absolute Gasteiger partial charge is 0.299 e. The lowest BCUT2D eigenvalue weighted by Crippen LogP contribution is -2.50. The second kappa shape index (κ2) is 8.47. The Morgan fingerprint density at radius 3 is 2.70 bits per heavy atom. The molecule has 156 valence electrons. The van der Waals surface area contributed by atoms with Crippen molar-refractivity contribution in [1.29, 1.82) is 0 Å². The van der Waals surface area contributed by atoms with Crippen LogP contribution in [0, 0.1) is 11.8 Å². The Labute approximate surface area is 179 Å². The molecule has 0 spiro atoms. The van der Waals surface area contributed by atoms with Gasteiger partial charge in [-0.25, -0.2) is 4.39 Å². The lowest BCUT2D eigenvalue weighted by atomic mass is 9.78. The molecule has 0 N–H and O–H groups in total. The average Bonchev–Trinajstić information content (AvgIpc) is 3.27. The lowest BCUT2D eigenvalue weighted by Gasteiger charge is -2.38. The number of Topliss-reactive ketones (excluding diaryl/α,β-unsaturated/α-hetero) is 1. The highest BCUT2D eigenvalue weighted by Gasteiger charge is 2.31. The Morgan fingerprint density at radius 2 is 1.97 bits per heavy atom. The van der Waals surface area contributed by atoms with Crippen molar-refractivity contribution < 1.29 is 9.18 Å². The Balaban J connectivity index is 1.20. The molecule has 5 nitrogen and oxygen atoms in total. The van der Waals surface area contributed by atoms with E-state index in [0.717, 1.165) is 59.3 Å². The van der Waals surface area contributed by atoms with E-state index in [-0.39, 0.29) is 11.7 Å². The molecule has 0 radical (unpaired) electrons. The number of likely N-dealkylation sites (tertiary alicyclic amines) is 1. The van der Waals surface area contributed by atoms with Gasteiger partial charge in [0, 0.05) is 37.1 Å². The molecule has 2 fully saturated rings. The molecule has 5 rings (SSSR count). The highest BCUT2D eigenvalue weighted by atomic mass is 32.1. The maximum Gasteiger partial charge on any atom is 0.141 e. The van der Waals surface area contributed by atoms with Crippen molar-refractivity contribution in [3.63, 3.8) is 0 Å². The van der Waals surface area contributed by atoms with Gasteiger partial charge in [-0.15, -0.1) is 11.3 Å². The third-order valence-electron chi connectivity index (χ3n) is 6.44. The van der Waals surface area contributed by atoms with E-state index in [1.54, 1.807) is 11.3 Å². The van der Waals surface area contributed by atoms with E-state index in [2.05, 4.69) is 26.1 Å². The van der Waals surface area contributed by atoms with Gasteiger partial charge < -0.3 is 0 Å². The summed E-state index contributed by atoms with van der Waals surface area (Å²) in [5.41, 5.74) is 4.51. The highest BCUT2D eigenvalue weighted by molar-refractivity contribution is 7.13. The summed E-state index contributed by atoms with van der Waals surface area (Å²) in [6.45, 7) is 2.16. The number of hydrogen-bond donors (Lipinski definition) is 0. The molecule has 0 atom stereocenters. The van der Waals surface area contributed by atoms with Crippen molar-refractivity contribution in [3.8, 4) is 10.4 Å². The summed E-state index contributed by atoms with van der Waals surface area (Å²) in [5.74, 6) is 0.994. The number of benzene rings is 1. The van der Waals surface area contributed by atoms with E-state index < -0.39 is 6.17 Å². The maximum atomic E-state index is 13.0. The minimum atomic E-state index is -0.635. The third kappa shape index (κ3) is 4.27. The molecule has 1 aliphatic heterocycles. The van der Waals surface area contributed by atoms with Crippen LogP contribution in [-0.4, -0.2) is 51.7 Å². The number of rotatable bonds is 6. The molecule has 0 unspecified atom stereocenters. The van der Waals surface area contributed by atoms with Crippen LogP contribution >= 0.6 is 11.3 Å². The smallest absolute Gasteiger partial charge is 0.141 e. The number of fused-ring (bicyclic) bond motifs is 1. The number of hydrogen-bond acceptors (Lipinski definition) is 6. The van der Waals surface area contributed by atoms with Crippen molar-refractivity contribution in [2.75, 3.05) is 19.6 Å². The average molecular weight is 425 g/mol. The molecule has 1 saturated heterocycles. The quantitative estimate of drug-likeness (QED) is 0.590. The van der Waals surface area contributed by atoms with Crippen LogP contribution in [0.1, 0.15) is 31.4 Å². The summed E-state index contributed by atoms with van der Waals surface area (Å²) < 4.78 is 13.0. The van der Waals surface area contributed by atoms with Crippen molar-refractivity contribution in [3.05, 3.63) is 41.7 Å². The molecule has 2 aliphatic rings. The predicted octanol–water partition coefficient (Wildman–Crippen LogP) is 4.33. The second-order valence-corrected chi connectivity index (χ2v) is 9.54. The van der Waals surface area contributed by atoms with Crippen LogP contribution in [0.4, 0.5) is 4.39 Å². The van der Waals surface area contributed by atoms with Gasteiger partial charge in [0.25, 0.3) is 0 Å². The number of aromatic nitrogens is 3. The van der Waals surface area contributed by atoms with Crippen LogP contribution in [-0.2, 0) is 11.2 Å². The normalized spacial score (nSPS) is 22.8. The summed E-state index contributed by atoms with van der Waals surface area (Å²) in [6, 6.07) is 8.08. The molecule has 1 saturated carbocycles. The summed E-state index contributed by atoms with van der Waals surface area (Å²) in [4.78, 5) is 20.3. The van der Waals surface area contributed by atoms with E-state index in [0.29, 0.717) is 25.4 Å². The Hall–Kier alpha value is -2.25.